The van der Waals surface area contributed by atoms with Crippen LogP contribution in [0.2, 0.25) is 0 Å². The first kappa shape index (κ1) is 15.0. The van der Waals surface area contributed by atoms with Crippen LogP contribution in [0.15, 0.2) is 60.7 Å². The second kappa shape index (κ2) is 5.26. The van der Waals surface area contributed by atoms with Gasteiger partial charge in [0, 0.05) is 0 Å². The molecule has 0 unspecified atom stereocenters. The van der Waals surface area contributed by atoms with Gasteiger partial charge in [-0.25, -0.2) is 0 Å². The van der Waals surface area contributed by atoms with Gasteiger partial charge >= 0.3 is 124 Å². The van der Waals surface area contributed by atoms with Crippen molar-refractivity contribution >= 4 is 27.8 Å². The molecule has 3 heteroatoms. The third kappa shape index (κ3) is 3.02. The Labute approximate surface area is 124 Å². The Balaban J connectivity index is 0.00000144. The molecular weight excluding hydrogens is 432 g/mol. The van der Waals surface area contributed by atoms with Gasteiger partial charge in [-0.3, -0.25) is 0 Å². The first-order valence-electron chi connectivity index (χ1n) is 5.20. The second-order valence-corrected chi connectivity index (χ2v) is 11.4. The summed E-state index contributed by atoms with van der Waals surface area (Å²) in [6.07, 6.45) is 0. The van der Waals surface area contributed by atoms with Crippen LogP contribution in [-0.4, -0.2) is 6.66 Å². The zero-order valence-electron chi connectivity index (χ0n) is 9.61. The molecular formula is C14H15AuClP. The van der Waals surface area contributed by atoms with Gasteiger partial charge < -0.3 is 0 Å². The normalized spacial score (nSPS) is 13.2. The van der Waals surface area contributed by atoms with Crippen molar-refractivity contribution in [3.63, 3.8) is 0 Å². The summed E-state index contributed by atoms with van der Waals surface area (Å²) in [4.78, 5) is 0. The molecule has 2 aromatic carbocycles. The molecule has 0 fully saturated rings. The minimum atomic E-state index is -2.71. The molecule has 0 amide bonds. The van der Waals surface area contributed by atoms with E-state index in [0.29, 0.717) is 0 Å². The Morgan fingerprint density at radius 3 is 1.41 bits per heavy atom. The molecule has 0 aliphatic carbocycles. The van der Waals surface area contributed by atoms with Crippen molar-refractivity contribution in [3.8, 4) is 0 Å². The predicted molar refractivity (Wildman–Crippen MR) is 76.2 cm³/mol. The van der Waals surface area contributed by atoms with Crippen molar-refractivity contribution in [1.82, 2.24) is 0 Å². The van der Waals surface area contributed by atoms with Crippen LogP contribution in [0.4, 0.5) is 0 Å². The number of hydrogen-bond donors (Lipinski definition) is 0. The Bertz CT molecular complexity index is 430. The summed E-state index contributed by atoms with van der Waals surface area (Å²) >= 11 is 6.86. The van der Waals surface area contributed by atoms with Gasteiger partial charge in [-0.2, -0.15) is 0 Å². The third-order valence-corrected chi connectivity index (χ3v) is 7.28. The van der Waals surface area contributed by atoms with E-state index in [1.54, 1.807) is 0 Å². The van der Waals surface area contributed by atoms with E-state index in [2.05, 4.69) is 37.6 Å². The van der Waals surface area contributed by atoms with Crippen LogP contribution in [-0.2, 0) is 22.4 Å². The predicted octanol–water partition coefficient (Wildman–Crippen LogP) is 3.76. The van der Waals surface area contributed by atoms with Crippen molar-refractivity contribution < 1.29 is 22.4 Å². The molecule has 0 aliphatic rings. The van der Waals surface area contributed by atoms with E-state index in [1.807, 2.05) is 36.4 Å². The Morgan fingerprint density at radius 2 is 1.12 bits per heavy atom. The van der Waals surface area contributed by atoms with Crippen LogP contribution in [0, 0.1) is 6.66 Å². The molecule has 0 nitrogen and oxygen atoms in total. The fourth-order valence-corrected chi connectivity index (χ4v) is 4.64. The van der Waals surface area contributed by atoms with Gasteiger partial charge in [-0.15, -0.1) is 0 Å². The molecule has 0 bridgehead atoms. The molecule has 0 N–H and O–H groups in total. The van der Waals surface area contributed by atoms with Crippen LogP contribution in [0.3, 0.4) is 0 Å². The number of hydrogen-bond acceptors (Lipinski definition) is 0. The van der Waals surface area contributed by atoms with Crippen molar-refractivity contribution in [1.29, 1.82) is 0 Å². The van der Waals surface area contributed by atoms with E-state index in [-0.39, 0.29) is 22.4 Å². The number of benzene rings is 2. The van der Waals surface area contributed by atoms with Crippen LogP contribution in [0.25, 0.3) is 0 Å². The van der Waals surface area contributed by atoms with E-state index >= 15 is 0 Å². The number of rotatable bonds is 2. The summed E-state index contributed by atoms with van der Waals surface area (Å²) < 4.78 is 0. The molecule has 0 saturated carbocycles. The van der Waals surface area contributed by atoms with E-state index < -0.39 is 5.96 Å². The van der Waals surface area contributed by atoms with E-state index in [1.165, 1.54) is 0 Å². The summed E-state index contributed by atoms with van der Waals surface area (Å²) in [7, 11) is 0. The standard InChI is InChI=1S/C14H15ClP.Au/c1-16(2,15,13-9-5-3-6-10-13)14-11-7-4-8-12-14;/h3-12H,1H2,2H3;/q-1;+1. The zero-order chi connectivity index (χ0) is 11.7. The van der Waals surface area contributed by atoms with Gasteiger partial charge in [0.15, 0.2) is 0 Å². The minimum absolute atomic E-state index is 0. The molecule has 0 saturated heterocycles. The molecule has 0 aliphatic heterocycles. The fourth-order valence-electron chi connectivity index (χ4n) is 1.78. The summed E-state index contributed by atoms with van der Waals surface area (Å²) in [6, 6.07) is 20.3. The van der Waals surface area contributed by atoms with E-state index in [9.17, 15) is 0 Å². The Hall–Kier alpha value is -0.0997. The van der Waals surface area contributed by atoms with Crippen molar-refractivity contribution in [2.45, 2.75) is 0 Å². The van der Waals surface area contributed by atoms with E-state index in [4.69, 9.17) is 11.2 Å². The molecule has 0 heterocycles. The number of halogens is 1. The topological polar surface area (TPSA) is 0 Å². The molecule has 2 aromatic rings. The molecule has 2 rings (SSSR count). The molecule has 94 valence electrons. The Morgan fingerprint density at radius 1 is 0.824 bits per heavy atom. The zero-order valence-corrected chi connectivity index (χ0v) is 13.4. The van der Waals surface area contributed by atoms with Gasteiger partial charge in [-0.05, 0) is 0 Å². The van der Waals surface area contributed by atoms with Crippen LogP contribution < -0.4 is 10.6 Å². The van der Waals surface area contributed by atoms with Gasteiger partial charge in [0.05, 0.1) is 0 Å². The summed E-state index contributed by atoms with van der Waals surface area (Å²) in [5.74, 6) is -2.71. The van der Waals surface area contributed by atoms with E-state index in [0.717, 1.165) is 10.6 Å². The summed E-state index contributed by atoms with van der Waals surface area (Å²) in [5.41, 5.74) is 0. The Kier molecular flexibility index (Phi) is 4.63. The first-order chi connectivity index (χ1) is 7.49. The molecule has 0 radical (unpaired) electrons. The molecule has 0 aromatic heterocycles. The van der Waals surface area contributed by atoms with Crippen molar-refractivity contribution in [2.75, 3.05) is 6.66 Å². The van der Waals surface area contributed by atoms with Crippen LogP contribution in [0.1, 0.15) is 0 Å². The summed E-state index contributed by atoms with van der Waals surface area (Å²) in [5, 5.41) is 2.25. The monoisotopic (exact) mass is 446 g/mol. The first-order valence-corrected chi connectivity index (χ1v) is 8.97. The average molecular weight is 447 g/mol. The van der Waals surface area contributed by atoms with Gasteiger partial charge in [0.1, 0.15) is 0 Å². The van der Waals surface area contributed by atoms with Gasteiger partial charge in [-0.1, -0.05) is 0 Å². The second-order valence-electron chi connectivity index (χ2n) is 4.32. The van der Waals surface area contributed by atoms with Gasteiger partial charge in [0.2, 0.25) is 0 Å². The fraction of sp³-hybridized carbons (Fsp3) is 0.0714. The average Bonchev–Trinajstić information content (AvgIpc) is 2.31. The third-order valence-electron chi connectivity index (χ3n) is 2.85. The van der Waals surface area contributed by atoms with Crippen molar-refractivity contribution in [2.24, 2.45) is 0 Å². The summed E-state index contributed by atoms with van der Waals surface area (Å²) in [6.45, 7) is 6.41. The quantitative estimate of drug-likeness (QED) is 0.374. The van der Waals surface area contributed by atoms with Crippen molar-refractivity contribution in [3.05, 3.63) is 67.3 Å². The van der Waals surface area contributed by atoms with Gasteiger partial charge in [0.25, 0.3) is 0 Å². The van der Waals surface area contributed by atoms with Crippen LogP contribution in [0.5, 0.6) is 0 Å². The SMILES string of the molecule is [Au+].[CH2-]P(C)(Cl)(c1ccccc1)c1ccccc1. The molecule has 17 heavy (non-hydrogen) atoms. The molecule has 0 spiro atoms. The maximum atomic E-state index is 6.86. The van der Waals surface area contributed by atoms with Crippen LogP contribution >= 0.6 is 17.2 Å². The molecule has 0 atom stereocenters. The maximum absolute atomic E-state index is 6.86.